The number of hydrogen-bond acceptors (Lipinski definition) is 5. The number of anilines is 1. The van der Waals surface area contributed by atoms with E-state index < -0.39 is 0 Å². The number of nitrogens with one attached hydrogen (secondary N) is 2. The molecule has 0 unspecified atom stereocenters. The van der Waals surface area contributed by atoms with E-state index in [1.165, 1.54) is 12.8 Å². The summed E-state index contributed by atoms with van der Waals surface area (Å²) in [5, 5.41) is 5.93. The number of hydrogen-bond donors (Lipinski definition) is 2. The molecule has 1 aromatic heterocycles. The maximum absolute atomic E-state index is 12.3. The van der Waals surface area contributed by atoms with Crippen LogP contribution in [0.3, 0.4) is 0 Å². The van der Waals surface area contributed by atoms with E-state index in [1.54, 1.807) is 13.2 Å². The number of carbonyl (C=O) groups is 1. The second-order valence-corrected chi connectivity index (χ2v) is 5.70. The molecular weight excluding hydrogens is 266 g/mol. The fourth-order valence-corrected chi connectivity index (χ4v) is 2.45. The summed E-state index contributed by atoms with van der Waals surface area (Å²) in [5.74, 6) is 0.758. The van der Waals surface area contributed by atoms with E-state index in [2.05, 4.69) is 25.5 Å². The van der Waals surface area contributed by atoms with Gasteiger partial charge in [-0.25, -0.2) is 9.97 Å². The summed E-state index contributed by atoms with van der Waals surface area (Å²) in [4.78, 5) is 23.4. The molecule has 0 radical (unpaired) electrons. The molecule has 21 heavy (non-hydrogen) atoms. The van der Waals surface area contributed by atoms with Crippen molar-refractivity contribution in [3.63, 3.8) is 0 Å². The average molecular weight is 291 g/mol. The van der Waals surface area contributed by atoms with Crippen molar-refractivity contribution in [3.8, 4) is 0 Å². The third-order valence-corrected chi connectivity index (χ3v) is 3.72. The molecule has 0 aliphatic carbocycles. The van der Waals surface area contributed by atoms with Crippen molar-refractivity contribution in [2.24, 2.45) is 0 Å². The third kappa shape index (κ3) is 4.14. The lowest BCUT2D eigenvalue weighted by molar-refractivity contribution is 0.0945. The van der Waals surface area contributed by atoms with Crippen LogP contribution in [0.5, 0.6) is 0 Å². The lowest BCUT2D eigenvalue weighted by atomic mass is 10.2. The minimum atomic E-state index is -0.136. The van der Waals surface area contributed by atoms with Crippen LogP contribution < -0.4 is 10.6 Å². The van der Waals surface area contributed by atoms with E-state index in [0.29, 0.717) is 23.8 Å². The Balaban J connectivity index is 1.97. The van der Waals surface area contributed by atoms with Gasteiger partial charge in [-0.15, -0.1) is 0 Å². The zero-order chi connectivity index (χ0) is 15.2. The van der Waals surface area contributed by atoms with Gasteiger partial charge in [0.1, 0.15) is 5.82 Å². The molecule has 2 heterocycles. The molecule has 1 aliphatic heterocycles. The zero-order valence-corrected chi connectivity index (χ0v) is 13.1. The minimum absolute atomic E-state index is 0.136. The molecule has 0 bridgehead atoms. The van der Waals surface area contributed by atoms with E-state index in [9.17, 15) is 4.79 Å². The molecule has 6 heteroatoms. The van der Waals surface area contributed by atoms with Gasteiger partial charge in [0.2, 0.25) is 0 Å². The summed E-state index contributed by atoms with van der Waals surface area (Å²) >= 11 is 0. The van der Waals surface area contributed by atoms with Gasteiger partial charge in [0.15, 0.2) is 5.69 Å². The van der Waals surface area contributed by atoms with Crippen LogP contribution in [0.2, 0.25) is 0 Å². The van der Waals surface area contributed by atoms with E-state index in [4.69, 9.17) is 0 Å². The summed E-state index contributed by atoms with van der Waals surface area (Å²) in [7, 11) is 1.77. The normalized spacial score (nSPS) is 15.4. The molecule has 0 aromatic carbocycles. The first kappa shape index (κ1) is 15.7. The molecule has 0 atom stereocenters. The van der Waals surface area contributed by atoms with Gasteiger partial charge in [-0.1, -0.05) is 13.8 Å². The molecule has 1 aromatic rings. The van der Waals surface area contributed by atoms with Gasteiger partial charge in [-0.3, -0.25) is 4.79 Å². The number of likely N-dealkylation sites (tertiary alicyclic amines) is 1. The summed E-state index contributed by atoms with van der Waals surface area (Å²) < 4.78 is 0. The highest BCUT2D eigenvalue weighted by Crippen LogP contribution is 2.15. The molecule has 1 amide bonds. The third-order valence-electron chi connectivity index (χ3n) is 3.72. The molecule has 0 saturated carbocycles. The van der Waals surface area contributed by atoms with Crippen LogP contribution in [0.15, 0.2) is 6.20 Å². The highest BCUT2D eigenvalue weighted by atomic mass is 16.1. The first-order chi connectivity index (χ1) is 10.1. The van der Waals surface area contributed by atoms with Crippen LogP contribution in [-0.2, 0) is 0 Å². The number of nitrogens with zero attached hydrogens (tertiary/aromatic N) is 3. The van der Waals surface area contributed by atoms with E-state index in [0.717, 1.165) is 19.6 Å². The summed E-state index contributed by atoms with van der Waals surface area (Å²) in [6.45, 7) is 7.88. The maximum atomic E-state index is 12.3. The van der Waals surface area contributed by atoms with Crippen LogP contribution in [0.1, 0.15) is 48.9 Å². The molecule has 0 spiro atoms. The fourth-order valence-electron chi connectivity index (χ4n) is 2.45. The smallest absolute Gasteiger partial charge is 0.272 e. The van der Waals surface area contributed by atoms with E-state index in [1.807, 2.05) is 13.8 Å². The molecule has 2 rings (SSSR count). The largest absolute Gasteiger partial charge is 0.385 e. The fraction of sp³-hybridized carbons (Fsp3) is 0.667. The van der Waals surface area contributed by atoms with Gasteiger partial charge in [-0.2, -0.15) is 0 Å². The van der Waals surface area contributed by atoms with Crippen molar-refractivity contribution in [1.29, 1.82) is 0 Å². The number of amides is 1. The Morgan fingerprint density at radius 1 is 1.38 bits per heavy atom. The van der Waals surface area contributed by atoms with Crippen molar-refractivity contribution in [2.45, 2.75) is 32.6 Å². The quantitative estimate of drug-likeness (QED) is 0.830. The Labute approximate surface area is 126 Å². The van der Waals surface area contributed by atoms with Crippen molar-refractivity contribution >= 4 is 11.6 Å². The SMILES string of the molecule is CNc1cnc(C(C)C)nc1C(=O)NCCN1CCCC1. The first-order valence-corrected chi connectivity index (χ1v) is 7.67. The van der Waals surface area contributed by atoms with Crippen molar-refractivity contribution < 1.29 is 4.79 Å². The highest BCUT2D eigenvalue weighted by molar-refractivity contribution is 5.97. The molecule has 2 N–H and O–H groups in total. The van der Waals surface area contributed by atoms with E-state index in [-0.39, 0.29) is 11.8 Å². The topological polar surface area (TPSA) is 70.1 Å². The second-order valence-electron chi connectivity index (χ2n) is 5.70. The van der Waals surface area contributed by atoms with E-state index >= 15 is 0 Å². The van der Waals surface area contributed by atoms with Gasteiger partial charge in [0.25, 0.3) is 5.91 Å². The lowest BCUT2D eigenvalue weighted by Gasteiger charge is -2.15. The number of carbonyl (C=O) groups excluding carboxylic acids is 1. The van der Waals surface area contributed by atoms with Crippen molar-refractivity contribution in [1.82, 2.24) is 20.2 Å². The highest BCUT2D eigenvalue weighted by Gasteiger charge is 2.16. The van der Waals surface area contributed by atoms with Crippen LogP contribution in [0, 0.1) is 0 Å². The summed E-state index contributed by atoms with van der Waals surface area (Å²) in [5.41, 5.74) is 1.09. The second kappa shape index (κ2) is 7.36. The molecule has 116 valence electrons. The van der Waals surface area contributed by atoms with Crippen molar-refractivity contribution in [2.75, 3.05) is 38.5 Å². The Kier molecular flexibility index (Phi) is 5.50. The lowest BCUT2D eigenvalue weighted by Crippen LogP contribution is -2.34. The monoisotopic (exact) mass is 291 g/mol. The van der Waals surface area contributed by atoms with Gasteiger partial charge in [-0.05, 0) is 25.9 Å². The Hall–Kier alpha value is -1.69. The average Bonchev–Trinajstić information content (AvgIpc) is 2.99. The predicted molar refractivity (Wildman–Crippen MR) is 83.7 cm³/mol. The Morgan fingerprint density at radius 3 is 2.71 bits per heavy atom. The van der Waals surface area contributed by atoms with Crippen LogP contribution in [0.25, 0.3) is 0 Å². The Bertz CT molecular complexity index is 483. The molecule has 1 aliphatic rings. The van der Waals surface area contributed by atoms with Crippen LogP contribution >= 0.6 is 0 Å². The molecule has 1 fully saturated rings. The van der Waals surface area contributed by atoms with Crippen LogP contribution in [-0.4, -0.2) is 54.0 Å². The predicted octanol–water partition coefficient (Wildman–Crippen LogP) is 1.47. The van der Waals surface area contributed by atoms with Crippen LogP contribution in [0.4, 0.5) is 5.69 Å². The van der Waals surface area contributed by atoms with Gasteiger partial charge >= 0.3 is 0 Å². The molecule has 6 nitrogen and oxygen atoms in total. The molecule has 1 saturated heterocycles. The number of rotatable bonds is 6. The molecular formula is C15H25N5O. The standard InChI is InChI=1S/C15H25N5O/c1-11(2)14-18-10-12(16-3)13(19-14)15(21)17-6-9-20-7-4-5-8-20/h10-11,16H,4-9H2,1-3H3,(H,17,21). The van der Waals surface area contributed by atoms with Gasteiger partial charge < -0.3 is 15.5 Å². The number of aromatic nitrogens is 2. The first-order valence-electron chi connectivity index (χ1n) is 7.67. The summed E-state index contributed by atoms with van der Waals surface area (Å²) in [6, 6.07) is 0. The summed E-state index contributed by atoms with van der Waals surface area (Å²) in [6.07, 6.45) is 4.21. The Morgan fingerprint density at radius 2 is 2.10 bits per heavy atom. The maximum Gasteiger partial charge on any atom is 0.272 e. The van der Waals surface area contributed by atoms with Gasteiger partial charge in [0.05, 0.1) is 11.9 Å². The van der Waals surface area contributed by atoms with Gasteiger partial charge in [0, 0.05) is 26.1 Å². The zero-order valence-electron chi connectivity index (χ0n) is 13.1. The van der Waals surface area contributed by atoms with Crippen molar-refractivity contribution in [3.05, 3.63) is 17.7 Å². The minimum Gasteiger partial charge on any atom is -0.385 e.